The van der Waals surface area contributed by atoms with Crippen LogP contribution in [0.4, 0.5) is 4.79 Å². The fraction of sp³-hybridized carbons (Fsp3) is 0.273. The van der Waals surface area contributed by atoms with Crippen LogP contribution < -0.4 is 5.32 Å². The molecule has 0 unspecified atom stereocenters. The van der Waals surface area contributed by atoms with Crippen molar-refractivity contribution in [2.75, 3.05) is 13.1 Å². The highest BCUT2D eigenvalue weighted by molar-refractivity contribution is 6.07. The van der Waals surface area contributed by atoms with Gasteiger partial charge in [0.1, 0.15) is 5.54 Å². The smallest absolute Gasteiger partial charge is 0.325 e. The van der Waals surface area contributed by atoms with E-state index in [0.717, 1.165) is 5.56 Å². The second kappa shape index (κ2) is 7.40. The minimum Gasteiger partial charge on any atom is -0.338 e. The van der Waals surface area contributed by atoms with Gasteiger partial charge in [0.25, 0.3) is 11.8 Å². The van der Waals surface area contributed by atoms with Gasteiger partial charge < -0.3 is 10.2 Å². The Morgan fingerprint density at radius 2 is 1.69 bits per heavy atom. The maximum Gasteiger partial charge on any atom is 0.325 e. The Balaban J connectivity index is 1.43. The number of benzene rings is 2. The molecule has 2 fully saturated rings. The van der Waals surface area contributed by atoms with Gasteiger partial charge in [-0.3, -0.25) is 14.5 Å². The third kappa shape index (κ3) is 3.45. The Hall–Kier alpha value is -3.66. The molecule has 2 aliphatic rings. The van der Waals surface area contributed by atoms with Gasteiger partial charge in [0.15, 0.2) is 0 Å². The molecule has 2 aromatic rings. The summed E-state index contributed by atoms with van der Waals surface area (Å²) in [5.74, 6) is -0.362. The van der Waals surface area contributed by atoms with Gasteiger partial charge in [0, 0.05) is 18.7 Å². The maximum absolute atomic E-state index is 13.0. The van der Waals surface area contributed by atoms with Crippen molar-refractivity contribution >= 4 is 17.8 Å². The van der Waals surface area contributed by atoms with Gasteiger partial charge in [-0.25, -0.2) is 4.79 Å². The summed E-state index contributed by atoms with van der Waals surface area (Å²) in [5, 5.41) is 11.7. The van der Waals surface area contributed by atoms with Crippen LogP contribution in [0, 0.1) is 11.3 Å². The number of piperidine rings is 1. The summed E-state index contributed by atoms with van der Waals surface area (Å²) < 4.78 is 0. The highest BCUT2D eigenvalue weighted by Gasteiger charge is 2.52. The maximum atomic E-state index is 13.0. The van der Waals surface area contributed by atoms with E-state index in [4.69, 9.17) is 5.26 Å². The molecule has 0 bridgehead atoms. The molecule has 0 aromatic heterocycles. The number of nitrogens with zero attached hydrogens (tertiary/aromatic N) is 3. The molecule has 1 spiro atoms. The van der Waals surface area contributed by atoms with Crippen LogP contribution in [-0.4, -0.2) is 46.3 Å². The van der Waals surface area contributed by atoms with Gasteiger partial charge in [-0.15, -0.1) is 0 Å². The predicted molar refractivity (Wildman–Crippen MR) is 105 cm³/mol. The lowest BCUT2D eigenvalue weighted by atomic mass is 9.87. The van der Waals surface area contributed by atoms with Gasteiger partial charge >= 0.3 is 6.03 Å². The molecule has 4 amide bonds. The number of carbonyl (C=O) groups excluding carboxylic acids is 3. The summed E-state index contributed by atoms with van der Waals surface area (Å²) in [6.07, 6.45) is 0.760. The Bertz CT molecular complexity index is 987. The number of urea groups is 1. The molecular formula is C22H20N4O3. The third-order valence-corrected chi connectivity index (χ3v) is 5.59. The first kappa shape index (κ1) is 18.7. The summed E-state index contributed by atoms with van der Waals surface area (Å²) in [5.41, 5.74) is 0.957. The lowest BCUT2D eigenvalue weighted by Crippen LogP contribution is -2.55. The molecule has 0 radical (unpaired) electrons. The number of imide groups is 1. The molecule has 7 heteroatoms. The average molecular weight is 388 g/mol. The van der Waals surface area contributed by atoms with E-state index in [1.54, 1.807) is 29.2 Å². The zero-order valence-corrected chi connectivity index (χ0v) is 15.8. The first-order valence-corrected chi connectivity index (χ1v) is 9.50. The summed E-state index contributed by atoms with van der Waals surface area (Å²) >= 11 is 0. The molecule has 2 aliphatic heterocycles. The van der Waals surface area contributed by atoms with Gasteiger partial charge in [-0.2, -0.15) is 5.26 Å². The van der Waals surface area contributed by atoms with Crippen molar-refractivity contribution in [2.24, 2.45) is 0 Å². The predicted octanol–water partition coefficient (Wildman–Crippen LogP) is 2.29. The van der Waals surface area contributed by atoms with Crippen molar-refractivity contribution in [1.82, 2.24) is 15.1 Å². The van der Waals surface area contributed by atoms with Crippen molar-refractivity contribution < 1.29 is 14.4 Å². The molecule has 4 rings (SSSR count). The van der Waals surface area contributed by atoms with E-state index >= 15 is 0 Å². The Kier molecular flexibility index (Phi) is 4.77. The van der Waals surface area contributed by atoms with Crippen molar-refractivity contribution in [2.45, 2.75) is 24.9 Å². The van der Waals surface area contributed by atoms with Gasteiger partial charge in [-0.1, -0.05) is 30.3 Å². The summed E-state index contributed by atoms with van der Waals surface area (Å²) in [6.45, 7) is 0.995. The normalized spacial score (nSPS) is 17.9. The Morgan fingerprint density at radius 1 is 1.03 bits per heavy atom. The van der Waals surface area contributed by atoms with E-state index in [9.17, 15) is 14.4 Å². The van der Waals surface area contributed by atoms with Crippen molar-refractivity contribution in [1.29, 1.82) is 5.26 Å². The fourth-order valence-electron chi connectivity index (χ4n) is 3.89. The number of nitrogens with one attached hydrogen (secondary N) is 1. The zero-order valence-electron chi connectivity index (χ0n) is 15.8. The number of hydrogen-bond acceptors (Lipinski definition) is 4. The molecule has 2 aromatic carbocycles. The molecule has 0 aliphatic carbocycles. The molecular weight excluding hydrogens is 368 g/mol. The first-order valence-electron chi connectivity index (χ1n) is 9.50. The van der Waals surface area contributed by atoms with E-state index in [1.165, 1.54) is 4.90 Å². The van der Waals surface area contributed by atoms with E-state index in [1.807, 2.05) is 36.4 Å². The van der Waals surface area contributed by atoms with Crippen LogP contribution in [0.1, 0.15) is 34.3 Å². The summed E-state index contributed by atoms with van der Waals surface area (Å²) in [7, 11) is 0. The van der Waals surface area contributed by atoms with Crippen LogP contribution in [0.5, 0.6) is 0 Å². The molecule has 0 atom stereocenters. The lowest BCUT2D eigenvalue weighted by Gasteiger charge is -2.37. The van der Waals surface area contributed by atoms with Crippen molar-refractivity contribution in [3.8, 4) is 6.07 Å². The van der Waals surface area contributed by atoms with Gasteiger partial charge in [0.05, 0.1) is 18.2 Å². The highest BCUT2D eigenvalue weighted by atomic mass is 16.2. The van der Waals surface area contributed by atoms with Crippen LogP contribution in [0.25, 0.3) is 0 Å². The molecule has 2 heterocycles. The number of amides is 4. The molecule has 7 nitrogen and oxygen atoms in total. The quantitative estimate of drug-likeness (QED) is 0.817. The highest BCUT2D eigenvalue weighted by Crippen LogP contribution is 2.31. The average Bonchev–Trinajstić information content (AvgIpc) is 2.98. The van der Waals surface area contributed by atoms with E-state index < -0.39 is 5.54 Å². The third-order valence-electron chi connectivity index (χ3n) is 5.59. The van der Waals surface area contributed by atoms with Crippen LogP contribution in [-0.2, 0) is 11.3 Å². The Labute approximate surface area is 168 Å². The van der Waals surface area contributed by atoms with E-state index in [0.29, 0.717) is 37.1 Å². The minimum atomic E-state index is -0.937. The van der Waals surface area contributed by atoms with Crippen molar-refractivity contribution in [3.63, 3.8) is 0 Å². The number of rotatable bonds is 3. The Morgan fingerprint density at radius 3 is 2.31 bits per heavy atom. The first-order chi connectivity index (χ1) is 14.0. The fourth-order valence-corrected chi connectivity index (χ4v) is 3.89. The molecule has 29 heavy (non-hydrogen) atoms. The topological polar surface area (TPSA) is 93.5 Å². The molecule has 146 valence electrons. The number of hydrogen-bond donors (Lipinski definition) is 1. The molecule has 0 saturated carbocycles. The number of carbonyl (C=O) groups is 3. The SMILES string of the molecule is N#Cc1ccc(C(=O)N2CCC3(CC2)NC(=O)N(Cc2ccccc2)C3=O)cc1. The number of nitriles is 1. The van der Waals surface area contributed by atoms with Gasteiger partial charge in [0.2, 0.25) is 0 Å². The minimum absolute atomic E-state index is 0.137. The summed E-state index contributed by atoms with van der Waals surface area (Å²) in [4.78, 5) is 41.1. The second-order valence-corrected chi connectivity index (χ2v) is 7.37. The number of likely N-dealkylation sites (tertiary alicyclic amines) is 1. The standard InChI is InChI=1S/C22H20N4O3/c23-14-16-6-8-18(9-7-16)19(27)25-12-10-22(11-13-25)20(28)26(21(29)24-22)15-17-4-2-1-3-5-17/h1-9H,10-13,15H2,(H,24,29). The van der Waals surface area contributed by atoms with Gasteiger partial charge in [-0.05, 0) is 42.7 Å². The summed E-state index contributed by atoms with van der Waals surface area (Å²) in [6, 6.07) is 17.5. The van der Waals surface area contributed by atoms with E-state index in [2.05, 4.69) is 5.32 Å². The second-order valence-electron chi connectivity index (χ2n) is 7.37. The van der Waals surface area contributed by atoms with E-state index in [-0.39, 0.29) is 24.4 Å². The zero-order chi connectivity index (χ0) is 20.4. The largest absolute Gasteiger partial charge is 0.338 e. The van der Waals surface area contributed by atoms with Crippen LogP contribution in [0.15, 0.2) is 54.6 Å². The van der Waals surface area contributed by atoms with Crippen LogP contribution in [0.3, 0.4) is 0 Å². The molecule has 2 saturated heterocycles. The van der Waals surface area contributed by atoms with Crippen LogP contribution in [0.2, 0.25) is 0 Å². The van der Waals surface area contributed by atoms with Crippen molar-refractivity contribution in [3.05, 3.63) is 71.3 Å². The lowest BCUT2D eigenvalue weighted by molar-refractivity contribution is -0.133. The molecule has 1 N–H and O–H groups in total. The monoisotopic (exact) mass is 388 g/mol. The van der Waals surface area contributed by atoms with Crippen LogP contribution >= 0.6 is 0 Å².